The predicted octanol–water partition coefficient (Wildman–Crippen LogP) is 6.73. The van der Waals surface area contributed by atoms with E-state index >= 15 is 0 Å². The summed E-state index contributed by atoms with van der Waals surface area (Å²) in [4.78, 5) is 15.6. The first-order valence-electron chi connectivity index (χ1n) is 9.26. The van der Waals surface area contributed by atoms with Crippen molar-refractivity contribution in [1.29, 1.82) is 0 Å². The van der Waals surface area contributed by atoms with Gasteiger partial charge >= 0.3 is 0 Å². The largest absolute Gasteiger partial charge is 0.467 e. The third-order valence-corrected chi connectivity index (χ3v) is 6.86. The van der Waals surface area contributed by atoms with Crippen LogP contribution in [-0.4, -0.2) is 5.91 Å². The summed E-state index contributed by atoms with van der Waals surface area (Å²) in [6.45, 7) is 0.388. The van der Waals surface area contributed by atoms with Crippen LogP contribution in [0.3, 0.4) is 0 Å². The zero-order chi connectivity index (χ0) is 19.6. The molecule has 0 saturated carbocycles. The van der Waals surface area contributed by atoms with Crippen molar-refractivity contribution in [2.24, 2.45) is 0 Å². The number of thiophene rings is 1. The van der Waals surface area contributed by atoms with E-state index in [9.17, 15) is 4.79 Å². The van der Waals surface area contributed by atoms with E-state index in [1.165, 1.54) is 27.0 Å². The minimum Gasteiger partial charge on any atom is -0.467 e. The number of nitrogens with one attached hydrogen (secondary N) is 1. The maximum atomic E-state index is 12.6. The number of carbonyl (C=O) groups excluding carboxylic acids is 1. The fourth-order valence-corrected chi connectivity index (χ4v) is 5.33. The van der Waals surface area contributed by atoms with Gasteiger partial charge in [-0.25, -0.2) is 0 Å². The molecule has 5 heteroatoms. The summed E-state index contributed by atoms with van der Waals surface area (Å²) < 4.78 is 6.39. The number of furan rings is 1. The number of fused-ring (bicyclic) bond motifs is 2. The van der Waals surface area contributed by atoms with Crippen molar-refractivity contribution >= 4 is 49.9 Å². The van der Waals surface area contributed by atoms with Crippen molar-refractivity contribution in [3.63, 3.8) is 0 Å². The van der Waals surface area contributed by atoms with E-state index < -0.39 is 0 Å². The van der Waals surface area contributed by atoms with Gasteiger partial charge < -0.3 is 9.73 Å². The second-order valence-electron chi connectivity index (χ2n) is 6.65. The van der Waals surface area contributed by atoms with Gasteiger partial charge in [0.2, 0.25) is 0 Å². The Morgan fingerprint density at radius 2 is 1.83 bits per heavy atom. The zero-order valence-corrected chi connectivity index (χ0v) is 17.1. The highest BCUT2D eigenvalue weighted by Crippen LogP contribution is 2.38. The average Bonchev–Trinajstić information content (AvgIpc) is 3.42. The topological polar surface area (TPSA) is 42.2 Å². The van der Waals surface area contributed by atoms with Crippen LogP contribution in [0.25, 0.3) is 20.9 Å². The van der Waals surface area contributed by atoms with Crippen LogP contribution in [0.5, 0.6) is 0 Å². The summed E-state index contributed by atoms with van der Waals surface area (Å²) >= 11 is 3.24. The first kappa shape index (κ1) is 18.0. The van der Waals surface area contributed by atoms with E-state index in [-0.39, 0.29) is 5.91 Å². The Bertz CT molecular complexity index is 1310. The first-order chi connectivity index (χ1) is 14.3. The third-order valence-electron chi connectivity index (χ3n) is 4.70. The second-order valence-corrected chi connectivity index (χ2v) is 8.85. The predicted molar refractivity (Wildman–Crippen MR) is 120 cm³/mol. The maximum Gasteiger partial charge on any atom is 0.261 e. The Hall–Kier alpha value is -3.02. The normalized spacial score (nSPS) is 11.2. The number of carbonyl (C=O) groups is 1. The summed E-state index contributed by atoms with van der Waals surface area (Å²) in [5.41, 5.74) is 0. The van der Waals surface area contributed by atoms with Crippen molar-refractivity contribution in [3.8, 4) is 0 Å². The number of amides is 1. The van der Waals surface area contributed by atoms with Crippen LogP contribution >= 0.6 is 23.1 Å². The van der Waals surface area contributed by atoms with Gasteiger partial charge in [-0.1, -0.05) is 48.2 Å². The van der Waals surface area contributed by atoms with Gasteiger partial charge in [0.05, 0.1) is 17.7 Å². The molecule has 0 aliphatic heterocycles. The van der Waals surface area contributed by atoms with Crippen molar-refractivity contribution < 1.29 is 9.21 Å². The lowest BCUT2D eigenvalue weighted by Gasteiger charge is -2.05. The van der Waals surface area contributed by atoms with Crippen LogP contribution in [0.2, 0.25) is 0 Å². The Labute approximate surface area is 176 Å². The van der Waals surface area contributed by atoms with Crippen molar-refractivity contribution in [1.82, 2.24) is 5.32 Å². The van der Waals surface area contributed by atoms with Crippen LogP contribution in [0.15, 0.2) is 99.3 Å². The number of hydrogen-bond acceptors (Lipinski definition) is 4. The molecule has 2 aromatic heterocycles. The Kier molecular flexibility index (Phi) is 4.84. The van der Waals surface area contributed by atoms with Crippen molar-refractivity contribution in [3.05, 3.63) is 95.8 Å². The molecule has 142 valence electrons. The van der Waals surface area contributed by atoms with E-state index in [0.29, 0.717) is 11.4 Å². The first-order valence-corrected chi connectivity index (χ1v) is 10.9. The molecular formula is C24H17NO2S2. The highest BCUT2D eigenvalue weighted by atomic mass is 32.2. The van der Waals surface area contributed by atoms with Crippen LogP contribution in [0.1, 0.15) is 15.4 Å². The molecular weight excluding hydrogens is 398 g/mol. The lowest BCUT2D eigenvalue weighted by atomic mass is 10.1. The van der Waals surface area contributed by atoms with Gasteiger partial charge in [0, 0.05) is 19.9 Å². The Balaban J connectivity index is 1.41. The Morgan fingerprint density at radius 1 is 0.931 bits per heavy atom. The van der Waals surface area contributed by atoms with E-state index in [1.54, 1.807) is 18.0 Å². The molecule has 0 bridgehead atoms. The minimum atomic E-state index is -0.0794. The van der Waals surface area contributed by atoms with Gasteiger partial charge in [-0.2, -0.15) is 0 Å². The third kappa shape index (κ3) is 3.79. The second kappa shape index (κ2) is 7.78. The molecule has 5 rings (SSSR count). The number of benzene rings is 3. The van der Waals surface area contributed by atoms with Crippen molar-refractivity contribution in [2.45, 2.75) is 16.3 Å². The summed E-state index contributed by atoms with van der Waals surface area (Å²) in [7, 11) is 0. The summed E-state index contributed by atoms with van der Waals surface area (Å²) in [5.74, 6) is 0.663. The molecule has 0 aliphatic carbocycles. The van der Waals surface area contributed by atoms with E-state index in [2.05, 4.69) is 59.9 Å². The van der Waals surface area contributed by atoms with E-state index in [0.717, 1.165) is 20.7 Å². The fourth-order valence-electron chi connectivity index (χ4n) is 3.26. The fraction of sp³-hybridized carbons (Fsp3) is 0.0417. The van der Waals surface area contributed by atoms with E-state index in [4.69, 9.17) is 4.42 Å². The molecule has 1 amide bonds. The lowest BCUT2D eigenvalue weighted by molar-refractivity contribution is 0.0952. The van der Waals surface area contributed by atoms with Gasteiger partial charge in [-0.05, 0) is 53.2 Å². The highest BCUT2D eigenvalue weighted by molar-refractivity contribution is 7.99. The molecule has 29 heavy (non-hydrogen) atoms. The molecule has 3 nitrogen and oxygen atoms in total. The quantitative estimate of drug-likeness (QED) is 0.346. The minimum absolute atomic E-state index is 0.0794. The molecule has 0 fully saturated rings. The zero-order valence-electron chi connectivity index (χ0n) is 15.4. The van der Waals surface area contributed by atoms with Gasteiger partial charge in [-0.3, -0.25) is 4.79 Å². The molecule has 0 radical (unpaired) electrons. The molecule has 5 aromatic rings. The summed E-state index contributed by atoms with van der Waals surface area (Å²) in [6.07, 6.45) is 1.61. The average molecular weight is 416 g/mol. The van der Waals surface area contributed by atoms with Gasteiger partial charge in [-0.15, -0.1) is 11.3 Å². The summed E-state index contributed by atoms with van der Waals surface area (Å²) in [6, 6.07) is 26.8. The smallest absolute Gasteiger partial charge is 0.261 e. The standard InChI is InChI=1S/C24H17NO2S2/c26-24(25-15-18-7-4-12-27-18)23-14-20-21(8-3-9-22(20)29-23)28-19-11-10-16-5-1-2-6-17(16)13-19/h1-14H,15H2,(H,25,26). The summed E-state index contributed by atoms with van der Waals surface area (Å²) in [5, 5.41) is 6.50. The lowest BCUT2D eigenvalue weighted by Crippen LogP contribution is -2.21. The van der Waals surface area contributed by atoms with Crippen molar-refractivity contribution in [2.75, 3.05) is 0 Å². The van der Waals surface area contributed by atoms with Gasteiger partial charge in [0.1, 0.15) is 5.76 Å². The van der Waals surface area contributed by atoms with E-state index in [1.807, 2.05) is 24.3 Å². The monoisotopic (exact) mass is 415 g/mol. The molecule has 3 aromatic carbocycles. The van der Waals surface area contributed by atoms with Gasteiger partial charge in [0.15, 0.2) is 0 Å². The molecule has 2 heterocycles. The van der Waals surface area contributed by atoms with Crippen LogP contribution in [0, 0.1) is 0 Å². The molecule has 0 unspecified atom stereocenters. The molecule has 0 saturated heterocycles. The van der Waals surface area contributed by atoms with Gasteiger partial charge in [0.25, 0.3) is 5.91 Å². The molecule has 0 aliphatic rings. The number of hydrogen-bond donors (Lipinski definition) is 1. The maximum absolute atomic E-state index is 12.6. The highest BCUT2D eigenvalue weighted by Gasteiger charge is 2.13. The van der Waals surface area contributed by atoms with Crippen LogP contribution < -0.4 is 5.32 Å². The molecule has 0 atom stereocenters. The number of rotatable bonds is 5. The molecule has 0 spiro atoms. The molecule has 1 N–H and O–H groups in total. The van der Waals surface area contributed by atoms with Crippen LogP contribution in [0.4, 0.5) is 0 Å². The van der Waals surface area contributed by atoms with Crippen LogP contribution in [-0.2, 0) is 6.54 Å². The Morgan fingerprint density at radius 3 is 2.69 bits per heavy atom. The SMILES string of the molecule is O=C(NCc1ccco1)c1cc2c(Sc3ccc4ccccc4c3)cccc2s1.